The highest BCUT2D eigenvalue weighted by Gasteiger charge is 2.41. The van der Waals surface area contributed by atoms with Gasteiger partial charge >= 0.3 is 12.1 Å². The molecule has 0 spiro atoms. The van der Waals surface area contributed by atoms with E-state index in [2.05, 4.69) is 4.98 Å². The van der Waals surface area contributed by atoms with Gasteiger partial charge in [0.2, 0.25) is 0 Å². The first-order chi connectivity index (χ1) is 13.7. The average Bonchev–Trinajstić information content (AvgIpc) is 2.91. The smallest absolute Gasteiger partial charge is 0.434 e. The molecule has 1 amide bonds. The zero-order chi connectivity index (χ0) is 21.6. The third-order valence-corrected chi connectivity index (χ3v) is 4.47. The number of ether oxygens (including phenoxy) is 1. The summed E-state index contributed by atoms with van der Waals surface area (Å²) in [5.41, 5.74) is -1.72. The highest BCUT2D eigenvalue weighted by molar-refractivity contribution is 5.95. The summed E-state index contributed by atoms with van der Waals surface area (Å²) >= 11 is 0. The molecule has 9 nitrogen and oxygen atoms in total. The number of nitrogens with zero attached hydrogens (tertiary/aromatic N) is 3. The molecule has 2 aliphatic heterocycles. The van der Waals surface area contributed by atoms with Gasteiger partial charge in [0.15, 0.2) is 5.69 Å². The van der Waals surface area contributed by atoms with Gasteiger partial charge in [-0.05, 0) is 12.1 Å². The van der Waals surface area contributed by atoms with Gasteiger partial charge in [-0.25, -0.2) is 0 Å². The zero-order valence-electron chi connectivity index (χ0n) is 15.2. The molecule has 12 heteroatoms. The summed E-state index contributed by atoms with van der Waals surface area (Å²) in [6, 6.07) is 1.89. The highest BCUT2D eigenvalue weighted by Crippen LogP contribution is 2.31. The molecule has 0 aliphatic carbocycles. The minimum atomic E-state index is -4.74. The molecule has 2 atom stereocenters. The van der Waals surface area contributed by atoms with Gasteiger partial charge in [-0.15, -0.1) is 0 Å². The molecule has 3 heterocycles. The number of carbonyl (C=O) groups excluding carboxylic acids is 1. The van der Waals surface area contributed by atoms with Gasteiger partial charge in [0, 0.05) is 31.7 Å². The summed E-state index contributed by atoms with van der Waals surface area (Å²) < 4.78 is 45.1. The van der Waals surface area contributed by atoms with Gasteiger partial charge in [0.1, 0.15) is 0 Å². The monoisotopic (exact) mass is 419 g/mol. The number of fused-ring (bicyclic) bond motifs is 3. The molecular weight excluding hydrogens is 399 g/mol. The lowest BCUT2D eigenvalue weighted by atomic mass is 10.1. The number of rotatable bonds is 3. The van der Waals surface area contributed by atoms with Crippen molar-refractivity contribution in [2.75, 3.05) is 39.4 Å². The lowest BCUT2D eigenvalue weighted by Gasteiger charge is -2.31. The lowest BCUT2D eigenvalue weighted by Crippen LogP contribution is -2.47. The number of alkyl halides is 3. The van der Waals surface area contributed by atoms with Crippen LogP contribution in [0.4, 0.5) is 13.2 Å². The summed E-state index contributed by atoms with van der Waals surface area (Å²) in [7, 11) is 0. The van der Waals surface area contributed by atoms with Crippen molar-refractivity contribution in [3.8, 4) is 0 Å². The first-order valence-corrected chi connectivity index (χ1v) is 8.60. The Hall–Kier alpha value is -2.73. The third kappa shape index (κ3) is 5.87. The van der Waals surface area contributed by atoms with Crippen LogP contribution in [-0.2, 0) is 20.5 Å². The predicted octanol–water partition coefficient (Wildman–Crippen LogP) is 0.659. The van der Waals surface area contributed by atoms with Crippen LogP contribution in [0.2, 0.25) is 0 Å². The quantitative estimate of drug-likeness (QED) is 0.686. The van der Waals surface area contributed by atoms with Crippen LogP contribution in [0.25, 0.3) is 0 Å². The Bertz CT molecular complexity index is 745. The van der Waals surface area contributed by atoms with Crippen LogP contribution < -0.4 is 0 Å². The van der Waals surface area contributed by atoms with E-state index in [0.717, 1.165) is 12.3 Å². The van der Waals surface area contributed by atoms with Crippen molar-refractivity contribution in [3.63, 3.8) is 0 Å². The maximum absolute atomic E-state index is 13.2. The number of halogens is 3. The molecule has 160 valence electrons. The number of hydrogen-bond donors (Lipinski definition) is 2. The Kier molecular flexibility index (Phi) is 7.51. The summed E-state index contributed by atoms with van der Waals surface area (Å²) in [5.74, 6) is -1.92. The molecule has 29 heavy (non-hydrogen) atoms. The fourth-order valence-corrected chi connectivity index (χ4v) is 3.47. The summed E-state index contributed by atoms with van der Waals surface area (Å²) in [6.07, 6.45) is -3.74. The van der Waals surface area contributed by atoms with Crippen molar-refractivity contribution in [1.29, 1.82) is 0 Å². The van der Waals surface area contributed by atoms with E-state index in [4.69, 9.17) is 19.7 Å². The van der Waals surface area contributed by atoms with Gasteiger partial charge in [-0.2, -0.15) is 13.2 Å². The minimum absolute atomic E-state index is 0.153. The van der Waals surface area contributed by atoms with Crippen molar-refractivity contribution in [2.45, 2.75) is 12.2 Å². The van der Waals surface area contributed by atoms with Crippen molar-refractivity contribution in [3.05, 3.63) is 29.6 Å². The topological polar surface area (TPSA) is 120 Å². The van der Waals surface area contributed by atoms with E-state index in [9.17, 15) is 22.8 Å². The zero-order valence-corrected chi connectivity index (χ0v) is 15.2. The van der Waals surface area contributed by atoms with Crippen molar-refractivity contribution < 1.29 is 42.5 Å². The maximum atomic E-state index is 13.2. The fraction of sp³-hybridized carbons (Fsp3) is 0.529. The molecule has 3 rings (SSSR count). The minimum Gasteiger partial charge on any atom is -0.483 e. The van der Waals surface area contributed by atoms with Gasteiger partial charge in [-0.3, -0.25) is 24.3 Å². The number of hydrogen-bond acceptors (Lipinski definition) is 6. The molecule has 2 aliphatic rings. The van der Waals surface area contributed by atoms with Crippen LogP contribution in [0.5, 0.6) is 0 Å². The fourth-order valence-electron chi connectivity index (χ4n) is 3.47. The molecule has 2 saturated heterocycles. The Labute approximate surface area is 163 Å². The van der Waals surface area contributed by atoms with Crippen molar-refractivity contribution in [2.24, 2.45) is 5.92 Å². The lowest BCUT2D eigenvalue weighted by molar-refractivity contribution is -0.142. The number of aliphatic carboxylic acids is 1. The summed E-state index contributed by atoms with van der Waals surface area (Å²) in [6.45, 7) is 0.902. The number of pyridine rings is 1. The van der Waals surface area contributed by atoms with E-state index >= 15 is 0 Å². The summed E-state index contributed by atoms with van der Waals surface area (Å²) in [5, 5.41) is 15.9. The summed E-state index contributed by atoms with van der Waals surface area (Å²) in [4.78, 5) is 38.7. The van der Waals surface area contributed by atoms with E-state index in [1.807, 2.05) is 0 Å². The van der Waals surface area contributed by atoms with Gasteiger partial charge in [0.05, 0.1) is 31.4 Å². The second-order valence-corrected chi connectivity index (χ2v) is 6.61. The van der Waals surface area contributed by atoms with E-state index in [0.29, 0.717) is 13.2 Å². The molecule has 0 unspecified atom stereocenters. The molecule has 0 radical (unpaired) electrons. The van der Waals surface area contributed by atoms with E-state index in [1.54, 1.807) is 4.90 Å². The van der Waals surface area contributed by atoms with Gasteiger partial charge < -0.3 is 19.8 Å². The Balaban J connectivity index is 0.000000941. The van der Waals surface area contributed by atoms with Crippen LogP contribution in [0, 0.1) is 5.92 Å². The SMILES string of the molecule is O=C(O)CN1C[C@@H]2COC[C@H](C1)N(C(=O)c1cccnc1C(F)(F)F)C2.O=CO. The predicted molar refractivity (Wildman–Crippen MR) is 91.1 cm³/mol. The van der Waals surface area contributed by atoms with Crippen molar-refractivity contribution in [1.82, 2.24) is 14.8 Å². The second-order valence-electron chi connectivity index (χ2n) is 6.61. The van der Waals surface area contributed by atoms with Crippen LogP contribution in [0.15, 0.2) is 18.3 Å². The maximum Gasteiger partial charge on any atom is 0.434 e. The number of carboxylic acids is 1. The molecule has 0 saturated carbocycles. The average molecular weight is 419 g/mol. The highest BCUT2D eigenvalue weighted by atomic mass is 19.4. The van der Waals surface area contributed by atoms with Gasteiger partial charge in [-0.1, -0.05) is 0 Å². The molecule has 1 aromatic heterocycles. The third-order valence-electron chi connectivity index (χ3n) is 4.47. The Morgan fingerprint density at radius 2 is 1.97 bits per heavy atom. The molecule has 1 aromatic rings. The van der Waals surface area contributed by atoms with E-state index in [1.165, 1.54) is 11.0 Å². The second kappa shape index (κ2) is 9.65. The molecule has 2 N–H and O–H groups in total. The molecule has 2 fully saturated rings. The van der Waals surface area contributed by atoms with Crippen molar-refractivity contribution >= 4 is 18.3 Å². The van der Waals surface area contributed by atoms with E-state index < -0.39 is 35.4 Å². The van der Waals surface area contributed by atoms with Crippen LogP contribution >= 0.6 is 0 Å². The van der Waals surface area contributed by atoms with Gasteiger partial charge in [0.25, 0.3) is 12.4 Å². The first kappa shape index (κ1) is 22.6. The van der Waals surface area contributed by atoms with E-state index in [-0.39, 0.29) is 38.6 Å². The number of carboxylic acid groups (broad SMARTS) is 2. The normalized spacial score (nSPS) is 22.1. The number of carbonyl (C=O) groups is 3. The first-order valence-electron chi connectivity index (χ1n) is 8.60. The number of aromatic nitrogens is 1. The molecule has 2 bridgehead atoms. The largest absolute Gasteiger partial charge is 0.483 e. The Morgan fingerprint density at radius 1 is 1.28 bits per heavy atom. The Morgan fingerprint density at radius 3 is 2.59 bits per heavy atom. The van der Waals surface area contributed by atoms with Crippen LogP contribution in [0.1, 0.15) is 16.1 Å². The van der Waals surface area contributed by atoms with Crippen LogP contribution in [0.3, 0.4) is 0 Å². The standard InChI is InChI=1S/C16H18F3N3O4.CH2O2/c17-16(18,19)14-12(2-1-3-20-14)15(25)22-5-10-4-21(7-13(23)24)6-11(22)9-26-8-10;2-1-3/h1-3,10-11H,4-9H2,(H,23,24);1H,(H,2,3)/t10-,11-;/m0./s1. The number of amides is 1. The molecular formula is C17H20F3N3O6. The van der Waals surface area contributed by atoms with Crippen LogP contribution in [-0.4, -0.2) is 88.8 Å². The molecule has 0 aromatic carbocycles.